The van der Waals surface area contributed by atoms with Crippen LogP contribution >= 0.6 is 0 Å². The number of sulfonamides is 1. The van der Waals surface area contributed by atoms with Crippen molar-refractivity contribution in [1.29, 1.82) is 0 Å². The first-order valence-electron chi connectivity index (χ1n) is 10.6. The first-order chi connectivity index (χ1) is 15.7. The van der Waals surface area contributed by atoms with Gasteiger partial charge in [-0.1, -0.05) is 0 Å². The smallest absolute Gasteiger partial charge is 0.242 e. The van der Waals surface area contributed by atoms with Gasteiger partial charge in [0, 0.05) is 45.6 Å². The Morgan fingerprint density at radius 3 is 2.52 bits per heavy atom. The molecule has 0 aliphatic heterocycles. The van der Waals surface area contributed by atoms with Gasteiger partial charge in [-0.3, -0.25) is 4.79 Å². The van der Waals surface area contributed by atoms with Crippen molar-refractivity contribution in [1.82, 2.24) is 19.2 Å². The zero-order chi connectivity index (χ0) is 24.2. The number of rotatable bonds is 10. The van der Waals surface area contributed by atoms with Crippen molar-refractivity contribution in [3.8, 4) is 11.5 Å². The Bertz CT molecular complexity index is 1250. The fraction of sp³-hybridized carbons (Fsp3) is 0.391. The zero-order valence-corrected chi connectivity index (χ0v) is 20.4. The molecule has 1 amide bonds. The zero-order valence-electron chi connectivity index (χ0n) is 19.6. The van der Waals surface area contributed by atoms with E-state index < -0.39 is 10.0 Å². The molecule has 1 aromatic heterocycles. The van der Waals surface area contributed by atoms with Crippen LogP contribution in [0.2, 0.25) is 0 Å². The number of aromatic nitrogens is 2. The molecule has 0 aliphatic carbocycles. The van der Waals surface area contributed by atoms with Gasteiger partial charge in [-0.25, -0.2) is 17.7 Å². The lowest BCUT2D eigenvalue weighted by Crippen LogP contribution is -2.23. The van der Waals surface area contributed by atoms with Gasteiger partial charge in [0.25, 0.3) is 0 Å². The van der Waals surface area contributed by atoms with Gasteiger partial charge in [-0.05, 0) is 43.3 Å². The van der Waals surface area contributed by atoms with E-state index in [0.717, 1.165) is 16.9 Å². The summed E-state index contributed by atoms with van der Waals surface area (Å²) in [6.45, 7) is 2.97. The molecular formula is C23H30N4O5S. The van der Waals surface area contributed by atoms with Gasteiger partial charge < -0.3 is 19.4 Å². The van der Waals surface area contributed by atoms with Gasteiger partial charge in [0.1, 0.15) is 17.3 Å². The van der Waals surface area contributed by atoms with Crippen LogP contribution in [-0.4, -0.2) is 56.5 Å². The van der Waals surface area contributed by atoms with Crippen LogP contribution in [0.25, 0.3) is 11.0 Å². The molecule has 178 valence electrons. The molecule has 1 N–H and O–H groups in total. The van der Waals surface area contributed by atoms with Crippen molar-refractivity contribution in [3.63, 3.8) is 0 Å². The Morgan fingerprint density at radius 2 is 1.88 bits per heavy atom. The van der Waals surface area contributed by atoms with Gasteiger partial charge in [-0.15, -0.1) is 0 Å². The Hall–Kier alpha value is -3.11. The van der Waals surface area contributed by atoms with Crippen molar-refractivity contribution in [3.05, 3.63) is 47.8 Å². The lowest BCUT2D eigenvalue weighted by atomic mass is 10.2. The number of imidazole rings is 1. The summed E-state index contributed by atoms with van der Waals surface area (Å²) < 4.78 is 38.7. The molecule has 33 heavy (non-hydrogen) atoms. The fourth-order valence-electron chi connectivity index (χ4n) is 3.60. The minimum absolute atomic E-state index is 0.120. The number of methoxy groups -OCH3 is 2. The van der Waals surface area contributed by atoms with Crippen molar-refractivity contribution >= 4 is 27.0 Å². The van der Waals surface area contributed by atoms with Crippen molar-refractivity contribution in [2.75, 3.05) is 28.3 Å². The van der Waals surface area contributed by atoms with Crippen molar-refractivity contribution in [2.24, 2.45) is 0 Å². The highest BCUT2D eigenvalue weighted by Gasteiger charge is 2.20. The summed E-state index contributed by atoms with van der Waals surface area (Å²) in [5.41, 5.74) is 2.25. The maximum Gasteiger partial charge on any atom is 0.242 e. The predicted octanol–water partition coefficient (Wildman–Crippen LogP) is 2.57. The molecule has 2 aromatic carbocycles. The highest BCUT2D eigenvalue weighted by molar-refractivity contribution is 7.89. The van der Waals surface area contributed by atoms with Gasteiger partial charge in [0.2, 0.25) is 15.9 Å². The SMILES string of the molecule is CCn1c(CCC(=O)NCc2cc(OC)ccc2OC)nc2cc(S(=O)(=O)N(C)C)ccc21. The summed E-state index contributed by atoms with van der Waals surface area (Å²) in [4.78, 5) is 17.3. The number of ether oxygens (including phenoxy) is 2. The van der Waals surface area contributed by atoms with E-state index in [0.29, 0.717) is 36.5 Å². The molecule has 0 aliphatic rings. The molecule has 0 atom stereocenters. The first kappa shape index (κ1) is 24.5. The molecule has 10 heteroatoms. The molecule has 3 aromatic rings. The molecule has 0 unspecified atom stereocenters. The molecule has 3 rings (SSSR count). The maximum atomic E-state index is 12.5. The van der Waals surface area contributed by atoms with E-state index in [4.69, 9.17) is 9.47 Å². The number of hydrogen-bond acceptors (Lipinski definition) is 6. The van der Waals surface area contributed by atoms with Crippen LogP contribution in [0.15, 0.2) is 41.3 Å². The van der Waals surface area contributed by atoms with E-state index in [9.17, 15) is 13.2 Å². The van der Waals surface area contributed by atoms with Crippen molar-refractivity contribution < 1.29 is 22.7 Å². The third-order valence-electron chi connectivity index (χ3n) is 5.43. The van der Waals surface area contributed by atoms with Crippen LogP contribution in [-0.2, 0) is 34.3 Å². The lowest BCUT2D eigenvalue weighted by Gasteiger charge is -2.12. The number of carbonyl (C=O) groups excluding carboxylic acids is 1. The molecule has 0 saturated carbocycles. The van der Waals surface area contributed by atoms with E-state index in [2.05, 4.69) is 10.3 Å². The molecule has 1 heterocycles. The van der Waals surface area contributed by atoms with Crippen molar-refractivity contribution in [2.45, 2.75) is 37.8 Å². The topological polar surface area (TPSA) is 103 Å². The van der Waals surface area contributed by atoms with Crippen LogP contribution in [0.3, 0.4) is 0 Å². The maximum absolute atomic E-state index is 12.5. The van der Waals surface area contributed by atoms with Crippen LogP contribution in [0.5, 0.6) is 11.5 Å². The van der Waals surface area contributed by atoms with Crippen LogP contribution in [0.1, 0.15) is 24.7 Å². The second-order valence-corrected chi connectivity index (χ2v) is 9.82. The number of hydrogen-bond donors (Lipinski definition) is 1. The van der Waals surface area contributed by atoms with E-state index in [1.807, 2.05) is 17.6 Å². The quantitative estimate of drug-likeness (QED) is 0.485. The molecule has 9 nitrogen and oxygen atoms in total. The van der Waals surface area contributed by atoms with Gasteiger partial charge in [0.05, 0.1) is 30.1 Å². The van der Waals surface area contributed by atoms with Gasteiger partial charge in [0.15, 0.2) is 0 Å². The van der Waals surface area contributed by atoms with Crippen LogP contribution in [0, 0.1) is 0 Å². The third-order valence-corrected chi connectivity index (χ3v) is 7.24. The van der Waals surface area contributed by atoms with Gasteiger partial charge >= 0.3 is 0 Å². The second kappa shape index (κ2) is 10.2. The summed E-state index contributed by atoms with van der Waals surface area (Å²) in [6.07, 6.45) is 0.678. The second-order valence-electron chi connectivity index (χ2n) is 7.66. The molecular weight excluding hydrogens is 444 g/mol. The number of benzene rings is 2. The number of aryl methyl sites for hydroxylation is 2. The monoisotopic (exact) mass is 474 g/mol. The number of nitrogens with one attached hydrogen (secondary N) is 1. The number of fused-ring (bicyclic) bond motifs is 1. The standard InChI is InChI=1S/C23H30N4O5S/c1-6-27-20-9-8-18(33(29,30)26(2)3)14-19(20)25-22(27)11-12-23(28)24-15-16-13-17(31-4)7-10-21(16)32-5/h7-10,13-14H,6,11-12,15H2,1-5H3,(H,24,28). The first-order valence-corrected chi connectivity index (χ1v) is 12.0. The number of nitrogens with zero attached hydrogens (tertiary/aromatic N) is 3. The van der Waals surface area contributed by atoms with E-state index in [-0.39, 0.29) is 17.2 Å². The Balaban J connectivity index is 1.72. The predicted molar refractivity (Wildman–Crippen MR) is 126 cm³/mol. The Morgan fingerprint density at radius 1 is 1.12 bits per heavy atom. The average molecular weight is 475 g/mol. The minimum atomic E-state index is -3.55. The highest BCUT2D eigenvalue weighted by atomic mass is 32.2. The van der Waals surface area contributed by atoms with Crippen LogP contribution < -0.4 is 14.8 Å². The average Bonchev–Trinajstić information content (AvgIpc) is 3.17. The molecule has 0 bridgehead atoms. The third kappa shape index (κ3) is 5.28. The Kier molecular flexibility index (Phi) is 7.60. The summed E-state index contributed by atoms with van der Waals surface area (Å²) in [5, 5.41) is 2.91. The fourth-order valence-corrected chi connectivity index (χ4v) is 4.52. The van der Waals surface area contributed by atoms with E-state index >= 15 is 0 Å². The molecule has 0 saturated heterocycles. The van der Waals surface area contributed by atoms with E-state index in [1.165, 1.54) is 18.4 Å². The summed E-state index contributed by atoms with van der Waals surface area (Å²) in [5.74, 6) is 1.98. The normalized spacial score (nSPS) is 11.7. The molecule has 0 spiro atoms. The lowest BCUT2D eigenvalue weighted by molar-refractivity contribution is -0.121. The summed E-state index contributed by atoms with van der Waals surface area (Å²) in [7, 11) is 2.61. The van der Waals surface area contributed by atoms with E-state index in [1.54, 1.807) is 44.6 Å². The van der Waals surface area contributed by atoms with Gasteiger partial charge in [-0.2, -0.15) is 0 Å². The summed E-state index contributed by atoms with van der Waals surface area (Å²) in [6, 6.07) is 10.4. The highest BCUT2D eigenvalue weighted by Crippen LogP contribution is 2.24. The largest absolute Gasteiger partial charge is 0.497 e. The Labute approximate surface area is 194 Å². The number of carbonyl (C=O) groups is 1. The minimum Gasteiger partial charge on any atom is -0.497 e. The molecule has 0 fully saturated rings. The number of amides is 1. The van der Waals surface area contributed by atoms with Crippen LogP contribution in [0.4, 0.5) is 0 Å². The summed E-state index contributed by atoms with van der Waals surface area (Å²) >= 11 is 0. The molecule has 0 radical (unpaired) electrons.